The number of rotatable bonds is 9. The number of anilines is 1. The number of benzene rings is 2. The highest BCUT2D eigenvalue weighted by Crippen LogP contribution is 2.29. The highest BCUT2D eigenvalue weighted by atomic mass is 16.2. The van der Waals surface area contributed by atoms with Crippen LogP contribution in [0.4, 0.5) is 5.69 Å². The Kier molecular flexibility index (Phi) is 7.87. The number of nitrogens with zero attached hydrogens (tertiary/aromatic N) is 2. The molecule has 2 aromatic rings. The van der Waals surface area contributed by atoms with E-state index in [1.165, 1.54) is 19.2 Å². The van der Waals surface area contributed by atoms with Gasteiger partial charge in [0.1, 0.15) is 12.3 Å². The number of carbonyl (C=O) groups excluding carboxylic acids is 5. The predicted molar refractivity (Wildman–Crippen MR) is 133 cm³/mol. The highest BCUT2D eigenvalue weighted by Gasteiger charge is 2.42. The first-order valence-electron chi connectivity index (χ1n) is 11.9. The van der Waals surface area contributed by atoms with E-state index in [-0.39, 0.29) is 29.9 Å². The van der Waals surface area contributed by atoms with E-state index in [1.807, 2.05) is 12.1 Å². The summed E-state index contributed by atoms with van der Waals surface area (Å²) in [5, 5.41) is 8.53. The maximum Gasteiger partial charge on any atom is 0.262 e. The van der Waals surface area contributed by atoms with Gasteiger partial charge in [-0.2, -0.15) is 0 Å². The molecule has 1 unspecified atom stereocenters. The van der Waals surface area contributed by atoms with E-state index in [4.69, 9.17) is 0 Å². The van der Waals surface area contributed by atoms with Crippen molar-refractivity contribution in [2.45, 2.75) is 25.4 Å². The standard InChI is InChI=1S/C26H29N5O5/c1-27-24(34)22(3-2-14-32)31-25(35)20-9-8-19(15-21(20)26(31)36)29-23(33)18-6-4-17(5-7-18)16-30-12-10-28-11-13-30/h4-9,14-15,22,28H,2-3,10-13,16H2,1H3,(H,27,34)(H,29,33). The molecule has 10 nitrogen and oxygen atoms in total. The van der Waals surface area contributed by atoms with Crippen LogP contribution in [0.15, 0.2) is 42.5 Å². The Morgan fingerprint density at radius 3 is 2.39 bits per heavy atom. The average Bonchev–Trinajstić information content (AvgIpc) is 3.14. The van der Waals surface area contributed by atoms with Crippen LogP contribution in [-0.2, 0) is 16.1 Å². The van der Waals surface area contributed by atoms with Gasteiger partial charge in [-0.05, 0) is 42.3 Å². The quantitative estimate of drug-likeness (QED) is 0.353. The largest absolute Gasteiger partial charge is 0.357 e. The fraction of sp³-hybridized carbons (Fsp3) is 0.346. The number of piperazine rings is 1. The number of aldehydes is 1. The molecule has 36 heavy (non-hydrogen) atoms. The molecule has 1 fully saturated rings. The average molecular weight is 492 g/mol. The van der Waals surface area contributed by atoms with Gasteiger partial charge in [-0.25, -0.2) is 0 Å². The number of likely N-dealkylation sites (N-methyl/N-ethyl adjacent to an activating group) is 1. The molecule has 0 radical (unpaired) electrons. The fourth-order valence-electron chi connectivity index (χ4n) is 4.48. The van der Waals surface area contributed by atoms with Gasteiger partial charge in [0.2, 0.25) is 5.91 Å². The Bertz CT molecular complexity index is 1170. The van der Waals surface area contributed by atoms with Crippen molar-refractivity contribution in [1.82, 2.24) is 20.4 Å². The molecule has 4 rings (SSSR count). The molecule has 2 aliphatic heterocycles. The molecule has 10 heteroatoms. The summed E-state index contributed by atoms with van der Waals surface area (Å²) >= 11 is 0. The minimum Gasteiger partial charge on any atom is -0.357 e. The van der Waals surface area contributed by atoms with E-state index < -0.39 is 23.8 Å². The summed E-state index contributed by atoms with van der Waals surface area (Å²) in [6.45, 7) is 4.74. The topological polar surface area (TPSA) is 128 Å². The lowest BCUT2D eigenvalue weighted by molar-refractivity contribution is -0.124. The molecule has 2 aliphatic rings. The number of imide groups is 1. The maximum atomic E-state index is 13.1. The summed E-state index contributed by atoms with van der Waals surface area (Å²) in [6.07, 6.45) is 0.698. The second-order valence-electron chi connectivity index (χ2n) is 8.79. The van der Waals surface area contributed by atoms with Crippen molar-refractivity contribution in [3.05, 3.63) is 64.7 Å². The summed E-state index contributed by atoms with van der Waals surface area (Å²) in [6, 6.07) is 10.7. The van der Waals surface area contributed by atoms with Crippen molar-refractivity contribution < 1.29 is 24.0 Å². The zero-order chi connectivity index (χ0) is 25.7. The molecule has 0 aromatic heterocycles. The molecule has 2 heterocycles. The predicted octanol–water partition coefficient (Wildman–Crippen LogP) is 1.03. The van der Waals surface area contributed by atoms with Gasteiger partial charge in [0.05, 0.1) is 11.1 Å². The van der Waals surface area contributed by atoms with Gasteiger partial charge in [0, 0.05) is 57.4 Å². The number of hydrogen-bond donors (Lipinski definition) is 3. The molecular formula is C26H29N5O5. The third-order valence-corrected chi connectivity index (χ3v) is 6.43. The summed E-state index contributed by atoms with van der Waals surface area (Å²) in [5.41, 5.74) is 2.20. The van der Waals surface area contributed by atoms with Gasteiger partial charge in [-0.1, -0.05) is 12.1 Å². The van der Waals surface area contributed by atoms with Gasteiger partial charge in [-0.15, -0.1) is 0 Å². The van der Waals surface area contributed by atoms with Crippen molar-refractivity contribution >= 4 is 35.6 Å². The molecular weight excluding hydrogens is 462 g/mol. The van der Waals surface area contributed by atoms with Gasteiger partial charge >= 0.3 is 0 Å². The second kappa shape index (κ2) is 11.2. The van der Waals surface area contributed by atoms with Crippen molar-refractivity contribution in [3.63, 3.8) is 0 Å². The number of nitrogens with one attached hydrogen (secondary N) is 3. The molecule has 0 bridgehead atoms. The fourth-order valence-corrected chi connectivity index (χ4v) is 4.48. The van der Waals surface area contributed by atoms with Gasteiger partial charge in [0.25, 0.3) is 17.7 Å². The Balaban J connectivity index is 1.45. The number of amides is 4. The van der Waals surface area contributed by atoms with Crippen LogP contribution in [0.2, 0.25) is 0 Å². The summed E-state index contributed by atoms with van der Waals surface area (Å²) in [7, 11) is 1.40. The van der Waals surface area contributed by atoms with Gasteiger partial charge in [-0.3, -0.25) is 29.0 Å². The molecule has 3 N–H and O–H groups in total. The smallest absolute Gasteiger partial charge is 0.262 e. The van der Waals surface area contributed by atoms with Crippen LogP contribution in [0, 0.1) is 0 Å². The SMILES string of the molecule is CNC(=O)C(CCC=O)N1C(=O)c2ccc(NC(=O)c3ccc(CN4CCNCC4)cc3)cc2C1=O. The molecule has 1 atom stereocenters. The van der Waals surface area contributed by atoms with Crippen LogP contribution in [0.5, 0.6) is 0 Å². The first-order valence-corrected chi connectivity index (χ1v) is 11.9. The number of fused-ring (bicyclic) bond motifs is 1. The molecule has 0 saturated carbocycles. The minimum absolute atomic E-state index is 0.0286. The van der Waals surface area contributed by atoms with Crippen molar-refractivity contribution in [3.8, 4) is 0 Å². The third-order valence-electron chi connectivity index (χ3n) is 6.43. The van der Waals surface area contributed by atoms with E-state index in [0.717, 1.165) is 43.2 Å². The Labute approximate surface area is 209 Å². The van der Waals surface area contributed by atoms with Crippen LogP contribution in [0.1, 0.15) is 49.5 Å². The first-order chi connectivity index (χ1) is 17.4. The highest BCUT2D eigenvalue weighted by molar-refractivity contribution is 6.23. The van der Waals surface area contributed by atoms with E-state index in [0.29, 0.717) is 17.5 Å². The molecule has 0 aliphatic carbocycles. The number of carbonyl (C=O) groups is 5. The van der Waals surface area contributed by atoms with Gasteiger partial charge in [0.15, 0.2) is 0 Å². The van der Waals surface area contributed by atoms with Crippen LogP contribution < -0.4 is 16.0 Å². The Morgan fingerprint density at radius 1 is 1.03 bits per heavy atom. The summed E-state index contributed by atoms with van der Waals surface area (Å²) in [4.78, 5) is 65.1. The van der Waals surface area contributed by atoms with E-state index in [2.05, 4.69) is 20.9 Å². The normalized spacial score (nSPS) is 16.4. The van der Waals surface area contributed by atoms with E-state index in [9.17, 15) is 24.0 Å². The lowest BCUT2D eigenvalue weighted by atomic mass is 10.1. The summed E-state index contributed by atoms with van der Waals surface area (Å²) in [5.74, 6) is -2.11. The Hall–Kier alpha value is -3.89. The molecule has 188 valence electrons. The lowest BCUT2D eigenvalue weighted by Gasteiger charge is -2.27. The lowest BCUT2D eigenvalue weighted by Crippen LogP contribution is -2.48. The zero-order valence-electron chi connectivity index (χ0n) is 20.1. The first kappa shape index (κ1) is 25.2. The summed E-state index contributed by atoms with van der Waals surface area (Å²) < 4.78 is 0. The van der Waals surface area contributed by atoms with Crippen LogP contribution in [-0.4, -0.2) is 79.0 Å². The van der Waals surface area contributed by atoms with Crippen molar-refractivity contribution in [2.24, 2.45) is 0 Å². The minimum atomic E-state index is -1.09. The molecule has 1 saturated heterocycles. The molecule has 4 amide bonds. The zero-order valence-corrected chi connectivity index (χ0v) is 20.1. The van der Waals surface area contributed by atoms with E-state index in [1.54, 1.807) is 18.2 Å². The van der Waals surface area contributed by atoms with Crippen LogP contribution in [0.3, 0.4) is 0 Å². The second-order valence-corrected chi connectivity index (χ2v) is 8.79. The van der Waals surface area contributed by atoms with Gasteiger partial charge < -0.3 is 20.7 Å². The van der Waals surface area contributed by atoms with E-state index >= 15 is 0 Å². The van der Waals surface area contributed by atoms with Crippen LogP contribution >= 0.6 is 0 Å². The van der Waals surface area contributed by atoms with Crippen molar-refractivity contribution in [1.29, 1.82) is 0 Å². The Morgan fingerprint density at radius 2 is 1.72 bits per heavy atom. The maximum absolute atomic E-state index is 13.1. The van der Waals surface area contributed by atoms with Crippen LogP contribution in [0.25, 0.3) is 0 Å². The number of hydrogen-bond acceptors (Lipinski definition) is 7. The molecule has 0 spiro atoms. The molecule has 2 aromatic carbocycles. The third kappa shape index (κ3) is 5.34. The monoisotopic (exact) mass is 491 g/mol. The van der Waals surface area contributed by atoms with Crippen molar-refractivity contribution in [2.75, 3.05) is 38.5 Å².